The lowest BCUT2D eigenvalue weighted by Crippen LogP contribution is -2.25. The van der Waals surface area contributed by atoms with E-state index >= 15 is 0 Å². The first-order valence-electron chi connectivity index (χ1n) is 11.0. The number of carbonyl (C=O) groups is 2. The molecule has 0 spiro atoms. The lowest BCUT2D eigenvalue weighted by Gasteiger charge is -2.23. The number of amidine groups is 1. The number of nitrogens with zero attached hydrogens (tertiary/aromatic N) is 3. The smallest absolute Gasteiger partial charge is 0.262 e. The van der Waals surface area contributed by atoms with Crippen LogP contribution in [0.2, 0.25) is 5.02 Å². The highest BCUT2D eigenvalue weighted by Gasteiger charge is 2.39. The van der Waals surface area contributed by atoms with Crippen molar-refractivity contribution in [1.29, 1.82) is 0 Å². The Hall–Kier alpha value is -3.49. The Morgan fingerprint density at radius 3 is 2.60 bits per heavy atom. The Kier molecular flexibility index (Phi) is 6.66. The van der Waals surface area contributed by atoms with Gasteiger partial charge in [-0.1, -0.05) is 65.8 Å². The van der Waals surface area contributed by atoms with Crippen molar-refractivity contribution in [3.05, 3.63) is 101 Å². The lowest BCUT2D eigenvalue weighted by molar-refractivity contribution is -0.121. The van der Waals surface area contributed by atoms with E-state index in [0.29, 0.717) is 22.3 Å². The average molecular weight is 507 g/mol. The van der Waals surface area contributed by atoms with Gasteiger partial charge in [0.15, 0.2) is 5.17 Å². The number of hydrazone groups is 1. The number of carbonyl (C=O) groups excluding carboxylic acids is 2. The number of rotatable bonds is 5. The second kappa shape index (κ2) is 10.0. The van der Waals surface area contributed by atoms with Gasteiger partial charge in [0.05, 0.1) is 11.8 Å². The average Bonchev–Trinajstić information content (AvgIpc) is 3.44. The Bertz CT molecular complexity index is 1330. The number of hydrogen-bond donors (Lipinski definition) is 1. The number of nitrogens with one attached hydrogen (secondary N) is 1. The van der Waals surface area contributed by atoms with Crippen LogP contribution in [0, 0.1) is 5.82 Å². The molecular formula is C26H20ClFN4O2S. The summed E-state index contributed by atoms with van der Waals surface area (Å²) in [6, 6.07) is 22.4. The van der Waals surface area contributed by atoms with Crippen LogP contribution in [-0.2, 0) is 9.59 Å². The maximum Gasteiger partial charge on any atom is 0.262 e. The van der Waals surface area contributed by atoms with E-state index in [0.717, 1.165) is 16.8 Å². The first-order valence-corrected chi connectivity index (χ1v) is 12.2. The summed E-state index contributed by atoms with van der Waals surface area (Å²) in [6.07, 6.45) is 0.522. The van der Waals surface area contributed by atoms with Gasteiger partial charge in [-0.25, -0.2) is 9.40 Å². The molecule has 1 N–H and O–H groups in total. The summed E-state index contributed by atoms with van der Waals surface area (Å²) in [5.74, 6) is -0.959. The van der Waals surface area contributed by atoms with Gasteiger partial charge in [0, 0.05) is 23.6 Å². The molecule has 0 unspecified atom stereocenters. The summed E-state index contributed by atoms with van der Waals surface area (Å²) in [5.41, 5.74) is 3.12. The van der Waals surface area contributed by atoms with Crippen LogP contribution in [0.25, 0.3) is 0 Å². The Morgan fingerprint density at radius 1 is 1.09 bits per heavy atom. The zero-order chi connectivity index (χ0) is 24.4. The number of thioether (sulfide) groups is 1. The number of hydrogen-bond acceptors (Lipinski definition) is 5. The molecule has 5 rings (SSSR count). The van der Waals surface area contributed by atoms with E-state index in [2.05, 4.69) is 10.3 Å². The van der Waals surface area contributed by atoms with Crippen LogP contribution < -0.4 is 5.32 Å². The Balaban J connectivity index is 1.37. The molecule has 2 aliphatic rings. The second-order valence-corrected chi connectivity index (χ2v) is 9.74. The maximum absolute atomic E-state index is 13.5. The van der Waals surface area contributed by atoms with E-state index in [1.54, 1.807) is 35.3 Å². The van der Waals surface area contributed by atoms with Crippen molar-refractivity contribution < 1.29 is 14.0 Å². The van der Waals surface area contributed by atoms with Gasteiger partial charge in [-0.05, 0) is 47.5 Å². The van der Waals surface area contributed by atoms with Crippen LogP contribution in [0.1, 0.15) is 30.0 Å². The third kappa shape index (κ3) is 5.28. The summed E-state index contributed by atoms with van der Waals surface area (Å²) >= 11 is 7.46. The Morgan fingerprint density at radius 2 is 1.86 bits per heavy atom. The Labute approximate surface area is 210 Å². The van der Waals surface area contributed by atoms with Gasteiger partial charge < -0.3 is 5.32 Å². The van der Waals surface area contributed by atoms with Crippen molar-refractivity contribution in [1.82, 2.24) is 5.01 Å². The fraction of sp³-hybridized carbons (Fsp3) is 0.154. The maximum atomic E-state index is 13.5. The van der Waals surface area contributed by atoms with Gasteiger partial charge in [-0.3, -0.25) is 9.59 Å². The van der Waals surface area contributed by atoms with Gasteiger partial charge in [0.1, 0.15) is 11.1 Å². The van der Waals surface area contributed by atoms with Gasteiger partial charge >= 0.3 is 0 Å². The van der Waals surface area contributed by atoms with Crippen LogP contribution in [0.3, 0.4) is 0 Å². The predicted octanol–water partition coefficient (Wildman–Crippen LogP) is 5.66. The van der Waals surface area contributed by atoms with Crippen LogP contribution in [0.5, 0.6) is 0 Å². The summed E-state index contributed by atoms with van der Waals surface area (Å²) < 4.78 is 13.5. The molecule has 6 nitrogen and oxygen atoms in total. The van der Waals surface area contributed by atoms with Gasteiger partial charge in [-0.15, -0.1) is 0 Å². The van der Waals surface area contributed by atoms with Crippen molar-refractivity contribution in [2.75, 3.05) is 5.32 Å². The number of anilines is 1. The molecule has 3 aromatic rings. The third-order valence-corrected chi connectivity index (χ3v) is 7.05. The topological polar surface area (TPSA) is 74.1 Å². The molecule has 35 heavy (non-hydrogen) atoms. The summed E-state index contributed by atoms with van der Waals surface area (Å²) in [6.45, 7) is 0. The highest BCUT2D eigenvalue weighted by Crippen LogP contribution is 2.39. The standard InChI is InChI=1S/C26H20ClFN4O2S/c27-18-6-4-5-17(13-18)22-14-21(16-9-11-19(28)12-10-16)31-32(22)26-30-25(34)23(35-26)15-24(33)29-20-7-2-1-3-8-20/h1-13,22-23H,14-15H2,(H,29,33)/t22-,23-/m1/s1. The van der Waals surface area contributed by atoms with Crippen LogP contribution in [0.15, 0.2) is 89.0 Å². The molecule has 0 fully saturated rings. The molecular weight excluding hydrogens is 487 g/mol. The van der Waals surface area contributed by atoms with Crippen molar-refractivity contribution in [3.8, 4) is 0 Å². The zero-order valence-corrected chi connectivity index (χ0v) is 20.0. The molecule has 9 heteroatoms. The number of halogens is 2. The summed E-state index contributed by atoms with van der Waals surface area (Å²) in [5, 5.41) is 9.64. The van der Waals surface area contributed by atoms with Crippen molar-refractivity contribution in [2.45, 2.75) is 24.1 Å². The molecule has 0 aliphatic carbocycles. The van der Waals surface area contributed by atoms with Crippen LogP contribution in [0.4, 0.5) is 10.1 Å². The molecule has 3 aromatic carbocycles. The normalized spacial score (nSPS) is 19.5. The summed E-state index contributed by atoms with van der Waals surface area (Å²) in [7, 11) is 0. The fourth-order valence-electron chi connectivity index (χ4n) is 3.98. The quantitative estimate of drug-likeness (QED) is 0.484. The predicted molar refractivity (Wildman–Crippen MR) is 137 cm³/mol. The zero-order valence-electron chi connectivity index (χ0n) is 18.4. The minimum absolute atomic E-state index is 0.00437. The fourth-order valence-corrected chi connectivity index (χ4v) is 5.24. The van der Waals surface area contributed by atoms with Crippen molar-refractivity contribution in [3.63, 3.8) is 0 Å². The molecule has 0 saturated heterocycles. The SMILES string of the molecule is O=C(C[C@H]1SC(N2N=C(c3ccc(F)cc3)C[C@@H]2c2cccc(Cl)c2)=NC1=O)Nc1ccccc1. The number of aliphatic imine (C=N–C) groups is 1. The first kappa shape index (κ1) is 23.3. The van der Waals surface area contributed by atoms with Gasteiger partial charge in [0.2, 0.25) is 5.91 Å². The second-order valence-electron chi connectivity index (χ2n) is 8.13. The van der Waals surface area contributed by atoms with E-state index in [1.165, 1.54) is 23.9 Å². The molecule has 0 radical (unpaired) electrons. The van der Waals surface area contributed by atoms with E-state index < -0.39 is 5.25 Å². The summed E-state index contributed by atoms with van der Waals surface area (Å²) in [4.78, 5) is 29.4. The van der Waals surface area contributed by atoms with E-state index in [-0.39, 0.29) is 30.1 Å². The molecule has 0 bridgehead atoms. The van der Waals surface area contributed by atoms with Crippen molar-refractivity contribution in [2.24, 2.45) is 10.1 Å². The molecule has 2 amide bonds. The van der Waals surface area contributed by atoms with Crippen LogP contribution in [-0.4, -0.2) is 33.0 Å². The largest absolute Gasteiger partial charge is 0.326 e. The number of para-hydroxylation sites is 1. The van der Waals surface area contributed by atoms with Crippen molar-refractivity contribution >= 4 is 51.7 Å². The highest BCUT2D eigenvalue weighted by atomic mass is 35.5. The van der Waals surface area contributed by atoms with Crippen LogP contribution >= 0.6 is 23.4 Å². The van der Waals surface area contributed by atoms with Gasteiger partial charge in [0.25, 0.3) is 5.91 Å². The van der Waals surface area contributed by atoms with Gasteiger partial charge in [-0.2, -0.15) is 10.1 Å². The molecule has 176 valence electrons. The van der Waals surface area contributed by atoms with E-state index in [9.17, 15) is 14.0 Å². The molecule has 2 heterocycles. The highest BCUT2D eigenvalue weighted by molar-refractivity contribution is 8.15. The third-order valence-electron chi connectivity index (χ3n) is 5.67. The lowest BCUT2D eigenvalue weighted by atomic mass is 9.98. The molecule has 0 saturated carbocycles. The number of benzene rings is 3. The molecule has 2 aliphatic heterocycles. The van der Waals surface area contributed by atoms with E-state index in [4.69, 9.17) is 16.7 Å². The molecule has 0 aromatic heterocycles. The van der Waals surface area contributed by atoms with E-state index in [1.807, 2.05) is 36.4 Å². The monoisotopic (exact) mass is 506 g/mol. The minimum Gasteiger partial charge on any atom is -0.326 e. The minimum atomic E-state index is -0.640. The first-order chi connectivity index (χ1) is 17.0. The number of amides is 2. The molecule has 2 atom stereocenters.